The molecule has 0 N–H and O–H groups in total. The SMILES string of the molecule is O=C1CC(c2nc3ccccc3n2CCOc2ccc3ccccc3c2)CN1c1ccc(F)cc1. The fraction of sp³-hybridized carbons (Fsp3) is 0.172. The van der Waals surface area contributed by atoms with Crippen molar-refractivity contribution in [3.05, 3.63) is 103 Å². The maximum absolute atomic E-state index is 13.4. The van der Waals surface area contributed by atoms with Gasteiger partial charge in [0.15, 0.2) is 0 Å². The highest BCUT2D eigenvalue weighted by Crippen LogP contribution is 2.33. The maximum atomic E-state index is 13.4. The molecule has 1 aliphatic heterocycles. The lowest BCUT2D eigenvalue weighted by atomic mass is 10.1. The Morgan fingerprint density at radius 2 is 1.69 bits per heavy atom. The molecule has 0 bridgehead atoms. The number of aromatic nitrogens is 2. The molecule has 2 heterocycles. The molecule has 1 fully saturated rings. The van der Waals surface area contributed by atoms with E-state index in [2.05, 4.69) is 34.9 Å². The van der Waals surface area contributed by atoms with Gasteiger partial charge in [-0.2, -0.15) is 0 Å². The number of para-hydroxylation sites is 2. The summed E-state index contributed by atoms with van der Waals surface area (Å²) in [5.41, 5.74) is 2.64. The van der Waals surface area contributed by atoms with Gasteiger partial charge in [0.2, 0.25) is 5.91 Å². The van der Waals surface area contributed by atoms with Crippen LogP contribution in [0.4, 0.5) is 10.1 Å². The molecule has 1 saturated heterocycles. The van der Waals surface area contributed by atoms with Crippen molar-refractivity contribution in [2.75, 3.05) is 18.1 Å². The largest absolute Gasteiger partial charge is 0.492 e. The number of halogens is 1. The molecule has 6 rings (SSSR count). The number of carbonyl (C=O) groups excluding carboxylic acids is 1. The Balaban J connectivity index is 1.24. The number of imidazole rings is 1. The van der Waals surface area contributed by atoms with Crippen molar-refractivity contribution in [2.45, 2.75) is 18.9 Å². The second-order valence-electron chi connectivity index (χ2n) is 8.85. The van der Waals surface area contributed by atoms with E-state index in [1.54, 1.807) is 17.0 Å². The van der Waals surface area contributed by atoms with Crippen LogP contribution in [0.1, 0.15) is 18.2 Å². The summed E-state index contributed by atoms with van der Waals surface area (Å²) >= 11 is 0. The lowest BCUT2D eigenvalue weighted by Gasteiger charge is -2.17. The summed E-state index contributed by atoms with van der Waals surface area (Å²) in [6.07, 6.45) is 0.367. The molecule has 5 aromatic rings. The molecule has 1 aromatic heterocycles. The highest BCUT2D eigenvalue weighted by atomic mass is 19.1. The summed E-state index contributed by atoms with van der Waals surface area (Å²) in [6.45, 7) is 1.61. The van der Waals surface area contributed by atoms with Gasteiger partial charge in [0, 0.05) is 24.6 Å². The average Bonchev–Trinajstić information content (AvgIpc) is 3.45. The first kappa shape index (κ1) is 21.4. The monoisotopic (exact) mass is 465 g/mol. The third kappa shape index (κ3) is 4.12. The molecule has 0 radical (unpaired) electrons. The van der Waals surface area contributed by atoms with Crippen LogP contribution >= 0.6 is 0 Å². The Morgan fingerprint density at radius 1 is 0.914 bits per heavy atom. The number of hydrogen-bond donors (Lipinski definition) is 0. The Bertz CT molecular complexity index is 1530. The van der Waals surface area contributed by atoms with Crippen LogP contribution in [-0.2, 0) is 11.3 Å². The number of hydrogen-bond acceptors (Lipinski definition) is 3. The molecule has 1 amide bonds. The van der Waals surface area contributed by atoms with Crippen molar-refractivity contribution in [2.24, 2.45) is 0 Å². The first-order valence-electron chi connectivity index (χ1n) is 11.8. The van der Waals surface area contributed by atoms with Crippen LogP contribution in [0.5, 0.6) is 5.75 Å². The number of rotatable bonds is 6. The van der Waals surface area contributed by atoms with Gasteiger partial charge >= 0.3 is 0 Å². The van der Waals surface area contributed by atoms with Gasteiger partial charge < -0.3 is 14.2 Å². The quantitative estimate of drug-likeness (QED) is 0.312. The number of amides is 1. The van der Waals surface area contributed by atoms with E-state index in [0.29, 0.717) is 31.8 Å². The molecule has 1 unspecified atom stereocenters. The van der Waals surface area contributed by atoms with Gasteiger partial charge in [-0.15, -0.1) is 0 Å². The third-order valence-corrected chi connectivity index (χ3v) is 6.62. The Labute approximate surface area is 202 Å². The van der Waals surface area contributed by atoms with Crippen LogP contribution in [0.3, 0.4) is 0 Å². The lowest BCUT2D eigenvalue weighted by Crippen LogP contribution is -2.24. The minimum atomic E-state index is -0.315. The van der Waals surface area contributed by atoms with Crippen molar-refractivity contribution in [3.63, 3.8) is 0 Å². The van der Waals surface area contributed by atoms with Crippen LogP contribution in [0.25, 0.3) is 21.8 Å². The highest BCUT2D eigenvalue weighted by molar-refractivity contribution is 5.96. The summed E-state index contributed by atoms with van der Waals surface area (Å²) < 4.78 is 21.7. The van der Waals surface area contributed by atoms with Gasteiger partial charge in [-0.05, 0) is 59.3 Å². The fourth-order valence-corrected chi connectivity index (χ4v) is 4.90. The molecule has 4 aromatic carbocycles. The van der Waals surface area contributed by atoms with Crippen LogP contribution in [-0.4, -0.2) is 28.6 Å². The van der Waals surface area contributed by atoms with Gasteiger partial charge in [-0.1, -0.05) is 42.5 Å². The van der Waals surface area contributed by atoms with E-state index in [0.717, 1.165) is 28.0 Å². The van der Waals surface area contributed by atoms with E-state index >= 15 is 0 Å². The number of anilines is 1. The molecule has 174 valence electrons. The number of nitrogens with zero attached hydrogens (tertiary/aromatic N) is 3. The first-order chi connectivity index (χ1) is 17.2. The minimum Gasteiger partial charge on any atom is -0.492 e. The van der Waals surface area contributed by atoms with Crippen molar-refractivity contribution < 1.29 is 13.9 Å². The molecular weight excluding hydrogens is 441 g/mol. The number of fused-ring (bicyclic) bond motifs is 2. The number of carbonyl (C=O) groups is 1. The van der Waals surface area contributed by atoms with Crippen LogP contribution < -0.4 is 9.64 Å². The Hall–Kier alpha value is -4.19. The summed E-state index contributed by atoms with van der Waals surface area (Å²) in [5.74, 6) is 1.36. The molecule has 1 atom stereocenters. The van der Waals surface area contributed by atoms with Gasteiger partial charge in [-0.3, -0.25) is 4.79 Å². The van der Waals surface area contributed by atoms with E-state index in [-0.39, 0.29) is 17.6 Å². The topological polar surface area (TPSA) is 47.4 Å². The van der Waals surface area contributed by atoms with Gasteiger partial charge in [-0.25, -0.2) is 9.37 Å². The summed E-state index contributed by atoms with van der Waals surface area (Å²) in [7, 11) is 0. The first-order valence-corrected chi connectivity index (χ1v) is 11.8. The van der Waals surface area contributed by atoms with E-state index in [1.807, 2.05) is 36.4 Å². The molecule has 0 aliphatic carbocycles. The molecule has 1 aliphatic rings. The molecule has 6 heteroatoms. The Morgan fingerprint density at radius 3 is 2.54 bits per heavy atom. The van der Waals surface area contributed by atoms with Crippen molar-refractivity contribution >= 4 is 33.4 Å². The number of ether oxygens (including phenoxy) is 1. The average molecular weight is 466 g/mol. The van der Waals surface area contributed by atoms with Gasteiger partial charge in [0.05, 0.1) is 17.6 Å². The predicted molar refractivity (Wildman–Crippen MR) is 135 cm³/mol. The van der Waals surface area contributed by atoms with E-state index < -0.39 is 0 Å². The van der Waals surface area contributed by atoms with E-state index in [4.69, 9.17) is 9.72 Å². The Kier molecular flexibility index (Phi) is 5.41. The molecule has 0 saturated carbocycles. The molecular formula is C29H24FN3O2. The number of benzene rings is 4. The second-order valence-corrected chi connectivity index (χ2v) is 8.85. The van der Waals surface area contributed by atoms with E-state index in [1.165, 1.54) is 17.5 Å². The summed E-state index contributed by atoms with van der Waals surface area (Å²) in [4.78, 5) is 19.5. The van der Waals surface area contributed by atoms with Crippen LogP contribution in [0.15, 0.2) is 91.0 Å². The van der Waals surface area contributed by atoms with Gasteiger partial charge in [0.25, 0.3) is 0 Å². The smallest absolute Gasteiger partial charge is 0.227 e. The zero-order valence-corrected chi connectivity index (χ0v) is 19.1. The molecule has 35 heavy (non-hydrogen) atoms. The summed E-state index contributed by atoms with van der Waals surface area (Å²) in [6, 6.07) is 28.4. The van der Waals surface area contributed by atoms with Crippen molar-refractivity contribution in [3.8, 4) is 5.75 Å². The maximum Gasteiger partial charge on any atom is 0.227 e. The van der Waals surface area contributed by atoms with E-state index in [9.17, 15) is 9.18 Å². The third-order valence-electron chi connectivity index (χ3n) is 6.62. The summed E-state index contributed by atoms with van der Waals surface area (Å²) in [5, 5.41) is 2.32. The van der Waals surface area contributed by atoms with Gasteiger partial charge in [0.1, 0.15) is 24.0 Å². The standard InChI is InChI=1S/C29H24FN3O2/c30-23-10-12-24(13-11-23)33-19-22(18-28(33)34)29-31-26-7-3-4-8-27(26)32(29)15-16-35-25-14-9-20-5-1-2-6-21(20)17-25/h1-14,17,22H,15-16,18-19H2. The normalized spacial score (nSPS) is 15.9. The lowest BCUT2D eigenvalue weighted by molar-refractivity contribution is -0.117. The van der Waals surface area contributed by atoms with Crippen LogP contribution in [0, 0.1) is 5.82 Å². The molecule has 5 nitrogen and oxygen atoms in total. The highest BCUT2D eigenvalue weighted by Gasteiger charge is 2.34. The van der Waals surface area contributed by atoms with Crippen molar-refractivity contribution in [1.29, 1.82) is 0 Å². The fourth-order valence-electron chi connectivity index (χ4n) is 4.90. The van der Waals surface area contributed by atoms with Crippen molar-refractivity contribution in [1.82, 2.24) is 9.55 Å². The predicted octanol–water partition coefficient (Wildman–Crippen LogP) is 5.93. The zero-order chi connectivity index (χ0) is 23.8. The zero-order valence-electron chi connectivity index (χ0n) is 19.1. The molecule has 0 spiro atoms. The minimum absolute atomic E-state index is 0.0210. The second kappa shape index (κ2) is 8.87. The van der Waals surface area contributed by atoms with Crippen LogP contribution in [0.2, 0.25) is 0 Å².